The minimum Gasteiger partial charge on any atom is -0.378 e. The highest BCUT2D eigenvalue weighted by molar-refractivity contribution is 6.31. The third-order valence-electron chi connectivity index (χ3n) is 6.34. The first-order valence-electron chi connectivity index (χ1n) is 11.5. The van der Waals surface area contributed by atoms with Crippen LogP contribution in [0.25, 0.3) is 21.9 Å². The van der Waals surface area contributed by atoms with Crippen molar-refractivity contribution in [3.05, 3.63) is 52.5 Å². The smallest absolute Gasteiger partial charge is 0.232 e. The fourth-order valence-electron chi connectivity index (χ4n) is 4.92. The molecule has 0 unspecified atom stereocenters. The molecule has 176 valence electrons. The van der Waals surface area contributed by atoms with E-state index in [9.17, 15) is 4.79 Å². The Hall–Kier alpha value is -3.10. The molecule has 1 aliphatic rings. The summed E-state index contributed by atoms with van der Waals surface area (Å²) in [6, 6.07) is 5.83. The number of hydrogen-bond acceptors (Lipinski definition) is 6. The van der Waals surface area contributed by atoms with Crippen molar-refractivity contribution in [1.82, 2.24) is 24.5 Å². The predicted molar refractivity (Wildman–Crippen MR) is 132 cm³/mol. The number of pyridine rings is 1. The summed E-state index contributed by atoms with van der Waals surface area (Å²) >= 11 is 6.35. The van der Waals surface area contributed by atoms with Crippen LogP contribution in [0.2, 0.25) is 5.02 Å². The normalized spacial score (nSPS) is 18.5. The van der Waals surface area contributed by atoms with E-state index in [2.05, 4.69) is 31.8 Å². The van der Waals surface area contributed by atoms with Crippen LogP contribution in [0.4, 0.5) is 5.69 Å². The van der Waals surface area contributed by atoms with E-state index in [-0.39, 0.29) is 24.5 Å². The van der Waals surface area contributed by atoms with Gasteiger partial charge in [0.25, 0.3) is 0 Å². The van der Waals surface area contributed by atoms with E-state index in [0.717, 1.165) is 46.2 Å². The molecule has 1 N–H and O–H groups in total. The number of aromatic nitrogens is 5. The molecular weight excluding hydrogens is 452 g/mol. The van der Waals surface area contributed by atoms with Crippen molar-refractivity contribution in [2.75, 3.05) is 11.9 Å². The lowest BCUT2D eigenvalue weighted by Crippen LogP contribution is -2.28. The minimum absolute atomic E-state index is 0.120. The van der Waals surface area contributed by atoms with Crippen LogP contribution >= 0.6 is 11.6 Å². The van der Waals surface area contributed by atoms with Crippen molar-refractivity contribution >= 4 is 45.1 Å². The number of nitrogens with one attached hydrogen (secondary N) is 1. The van der Waals surface area contributed by atoms with E-state index in [1.165, 1.54) is 0 Å². The number of fused-ring (bicyclic) bond motifs is 3. The van der Waals surface area contributed by atoms with Gasteiger partial charge in [0, 0.05) is 23.1 Å². The van der Waals surface area contributed by atoms with E-state index in [1.54, 1.807) is 6.20 Å². The number of carbonyl (C=O) groups excluding carboxylic acids is 1. The molecule has 9 heteroatoms. The van der Waals surface area contributed by atoms with Gasteiger partial charge in [-0.2, -0.15) is 0 Å². The predicted octanol–water partition coefficient (Wildman–Crippen LogP) is 4.87. The van der Waals surface area contributed by atoms with Crippen molar-refractivity contribution in [2.24, 2.45) is 0 Å². The van der Waals surface area contributed by atoms with Crippen molar-refractivity contribution in [3.8, 4) is 0 Å². The lowest BCUT2D eigenvalue weighted by molar-refractivity contribution is -0.115. The Morgan fingerprint density at radius 2 is 1.94 bits per heavy atom. The van der Waals surface area contributed by atoms with Gasteiger partial charge < -0.3 is 14.6 Å². The standard InChI is InChI=1S/C25H27ClN6O2/c1-13-9-18(7-8-34-13)32-22(11-23(33)31-24-14(2)28-16(4)29-15(24)3)30-21-12-27-20-6-5-17(26)10-19(20)25(21)32/h5-6,10,12-13,18H,7-9,11H2,1-4H3,(H,31,33)/t13-,18-/m1/s1. The molecule has 0 aliphatic carbocycles. The quantitative estimate of drug-likeness (QED) is 0.449. The van der Waals surface area contributed by atoms with E-state index >= 15 is 0 Å². The second-order valence-electron chi connectivity index (χ2n) is 8.95. The summed E-state index contributed by atoms with van der Waals surface area (Å²) in [5.41, 5.74) is 4.70. The number of carbonyl (C=O) groups is 1. The maximum atomic E-state index is 13.2. The molecule has 8 nitrogen and oxygen atoms in total. The number of amides is 1. The van der Waals surface area contributed by atoms with Crippen LogP contribution in [0.5, 0.6) is 0 Å². The van der Waals surface area contributed by atoms with Crippen LogP contribution in [0.3, 0.4) is 0 Å². The second-order valence-corrected chi connectivity index (χ2v) is 9.39. The second kappa shape index (κ2) is 8.92. The molecule has 1 amide bonds. The molecule has 34 heavy (non-hydrogen) atoms. The molecule has 2 atom stereocenters. The number of halogens is 1. The van der Waals surface area contributed by atoms with Gasteiger partial charge >= 0.3 is 0 Å². The van der Waals surface area contributed by atoms with Gasteiger partial charge in [-0.1, -0.05) is 11.6 Å². The largest absolute Gasteiger partial charge is 0.378 e. The molecule has 3 aromatic heterocycles. The van der Waals surface area contributed by atoms with Gasteiger partial charge in [-0.3, -0.25) is 9.78 Å². The molecule has 0 saturated carbocycles. The third-order valence-corrected chi connectivity index (χ3v) is 6.57. The summed E-state index contributed by atoms with van der Waals surface area (Å²) in [6.45, 7) is 8.33. The molecule has 4 aromatic rings. The molecule has 5 rings (SSSR count). The zero-order valence-electron chi connectivity index (χ0n) is 19.7. The Kier molecular flexibility index (Phi) is 5.95. The summed E-state index contributed by atoms with van der Waals surface area (Å²) in [5, 5.41) is 4.58. The lowest BCUT2D eigenvalue weighted by Gasteiger charge is -2.30. The number of ether oxygens (including phenoxy) is 1. The Bertz CT molecular complexity index is 1390. The van der Waals surface area contributed by atoms with E-state index in [4.69, 9.17) is 21.3 Å². The number of anilines is 1. The van der Waals surface area contributed by atoms with Crippen LogP contribution < -0.4 is 5.32 Å². The average molecular weight is 479 g/mol. The van der Waals surface area contributed by atoms with Gasteiger partial charge in [-0.25, -0.2) is 15.0 Å². The Balaban J connectivity index is 1.59. The minimum atomic E-state index is -0.161. The van der Waals surface area contributed by atoms with Crippen molar-refractivity contribution in [3.63, 3.8) is 0 Å². The highest BCUT2D eigenvalue weighted by atomic mass is 35.5. The molecule has 0 radical (unpaired) electrons. The zero-order valence-corrected chi connectivity index (χ0v) is 20.5. The van der Waals surface area contributed by atoms with Crippen molar-refractivity contribution in [1.29, 1.82) is 0 Å². The number of rotatable bonds is 4. The van der Waals surface area contributed by atoms with Gasteiger partial charge in [-0.05, 0) is 58.7 Å². The fourth-order valence-corrected chi connectivity index (χ4v) is 5.09. The van der Waals surface area contributed by atoms with E-state index in [0.29, 0.717) is 29.0 Å². The third kappa shape index (κ3) is 4.23. The topological polar surface area (TPSA) is 94.8 Å². The van der Waals surface area contributed by atoms with Crippen molar-refractivity contribution in [2.45, 2.75) is 59.1 Å². The molecule has 0 bridgehead atoms. The van der Waals surface area contributed by atoms with Gasteiger partial charge in [0.1, 0.15) is 17.2 Å². The first-order chi connectivity index (χ1) is 16.3. The maximum absolute atomic E-state index is 13.2. The molecule has 1 fully saturated rings. The molecule has 1 aliphatic heterocycles. The lowest BCUT2D eigenvalue weighted by atomic mass is 10.0. The molecule has 1 aromatic carbocycles. The van der Waals surface area contributed by atoms with Gasteiger partial charge in [-0.15, -0.1) is 0 Å². The van der Waals surface area contributed by atoms with Crippen LogP contribution in [0, 0.1) is 20.8 Å². The number of imidazole rings is 1. The maximum Gasteiger partial charge on any atom is 0.232 e. The summed E-state index contributed by atoms with van der Waals surface area (Å²) in [7, 11) is 0. The van der Waals surface area contributed by atoms with Crippen molar-refractivity contribution < 1.29 is 9.53 Å². The molecule has 1 saturated heterocycles. The molecule has 4 heterocycles. The van der Waals surface area contributed by atoms with Crippen LogP contribution in [-0.4, -0.2) is 43.1 Å². The fraction of sp³-hybridized carbons (Fsp3) is 0.400. The SMILES string of the molecule is Cc1nc(C)c(NC(=O)Cc2nc3cnc4ccc(Cl)cc4c3n2[C@@H]2CCO[C@H](C)C2)c(C)n1. The Labute approximate surface area is 202 Å². The van der Waals surface area contributed by atoms with Crippen LogP contribution in [0.15, 0.2) is 24.4 Å². The summed E-state index contributed by atoms with van der Waals surface area (Å²) in [6.07, 6.45) is 3.71. The highest BCUT2D eigenvalue weighted by Gasteiger charge is 2.27. The van der Waals surface area contributed by atoms with E-state index < -0.39 is 0 Å². The van der Waals surface area contributed by atoms with Gasteiger partial charge in [0.05, 0.1) is 46.8 Å². The van der Waals surface area contributed by atoms with Gasteiger partial charge in [0.2, 0.25) is 5.91 Å². The van der Waals surface area contributed by atoms with Crippen LogP contribution in [0.1, 0.15) is 48.8 Å². The number of aryl methyl sites for hydroxylation is 3. The Morgan fingerprint density at radius 3 is 2.68 bits per heavy atom. The number of benzene rings is 1. The first-order valence-corrected chi connectivity index (χ1v) is 11.9. The number of hydrogen-bond donors (Lipinski definition) is 1. The number of nitrogens with zero attached hydrogens (tertiary/aromatic N) is 5. The van der Waals surface area contributed by atoms with Crippen LogP contribution in [-0.2, 0) is 16.0 Å². The summed E-state index contributed by atoms with van der Waals surface area (Å²) < 4.78 is 8.01. The molecular formula is C25H27ClN6O2. The molecule has 0 spiro atoms. The average Bonchev–Trinajstić information content (AvgIpc) is 3.14. The zero-order chi connectivity index (χ0) is 24.0. The highest BCUT2D eigenvalue weighted by Crippen LogP contribution is 2.34. The van der Waals surface area contributed by atoms with Gasteiger partial charge in [0.15, 0.2) is 0 Å². The Morgan fingerprint density at radius 1 is 1.18 bits per heavy atom. The summed E-state index contributed by atoms with van der Waals surface area (Å²) in [5.74, 6) is 1.22. The first kappa shape index (κ1) is 22.7. The summed E-state index contributed by atoms with van der Waals surface area (Å²) in [4.78, 5) is 31.4. The monoisotopic (exact) mass is 478 g/mol. The van der Waals surface area contributed by atoms with E-state index in [1.807, 2.05) is 39.0 Å².